The maximum Gasteiger partial charge on any atom is 0.0897 e. The molecule has 0 N–H and O–H groups in total. The molecule has 0 aliphatic rings. The van der Waals surface area contributed by atoms with Crippen molar-refractivity contribution in [3.8, 4) is 0 Å². The average Bonchev–Trinajstić information content (AvgIpc) is 2.15. The fraction of sp³-hybridized carbons (Fsp3) is 0.500. The van der Waals surface area contributed by atoms with Gasteiger partial charge in [0.2, 0.25) is 0 Å². The van der Waals surface area contributed by atoms with E-state index in [1.54, 1.807) is 0 Å². The third-order valence-electron chi connectivity index (χ3n) is 2.25. The molecule has 1 heteroatoms. The Hall–Kier alpha value is -0.850. The van der Waals surface area contributed by atoms with E-state index in [1.165, 1.54) is 11.1 Å². The summed E-state index contributed by atoms with van der Waals surface area (Å²) in [5.74, 6) is 0.579. The van der Waals surface area contributed by atoms with Crippen LogP contribution in [-0.4, -0.2) is 6.67 Å². The van der Waals surface area contributed by atoms with E-state index < -0.39 is 0 Å². The molecule has 0 saturated carbocycles. The Balaban J connectivity index is 2.59. The minimum absolute atomic E-state index is 0.216. The summed E-state index contributed by atoms with van der Waals surface area (Å²) in [6.45, 7) is 4.14. The van der Waals surface area contributed by atoms with Gasteiger partial charge in [0.25, 0.3) is 0 Å². The Morgan fingerprint density at radius 3 is 2.23 bits per heavy atom. The van der Waals surface area contributed by atoms with Crippen LogP contribution in [0.3, 0.4) is 0 Å². The Bertz CT molecular complexity index is 236. The van der Waals surface area contributed by atoms with Crippen molar-refractivity contribution in [3.63, 3.8) is 0 Å². The van der Waals surface area contributed by atoms with Gasteiger partial charge in [-0.2, -0.15) is 0 Å². The molecule has 0 spiro atoms. The van der Waals surface area contributed by atoms with Gasteiger partial charge in [0, 0.05) is 0 Å². The van der Waals surface area contributed by atoms with Gasteiger partial charge in [-0.05, 0) is 29.9 Å². The molecule has 1 aromatic rings. The Morgan fingerprint density at radius 1 is 1.15 bits per heavy atom. The molecule has 0 bridgehead atoms. The third kappa shape index (κ3) is 3.17. The maximum absolute atomic E-state index is 11.9. The quantitative estimate of drug-likeness (QED) is 0.662. The number of hydrogen-bond donors (Lipinski definition) is 0. The predicted octanol–water partition coefficient (Wildman–Crippen LogP) is 3.71. The molecular weight excluding hydrogens is 163 g/mol. The first-order valence-corrected chi connectivity index (χ1v) is 4.89. The first-order valence-electron chi connectivity index (χ1n) is 4.89. The molecule has 0 atom stereocenters. The molecule has 0 radical (unpaired) electrons. The van der Waals surface area contributed by atoms with Gasteiger partial charge in [0.1, 0.15) is 0 Å². The molecule has 0 unspecified atom stereocenters. The van der Waals surface area contributed by atoms with E-state index in [9.17, 15) is 4.39 Å². The molecular formula is C12H17F. The Kier molecular flexibility index (Phi) is 3.94. The topological polar surface area (TPSA) is 0 Å². The summed E-state index contributed by atoms with van der Waals surface area (Å²) >= 11 is 0. The normalized spacial score (nSPS) is 10.8. The molecule has 72 valence electrons. The number of halogens is 1. The highest BCUT2D eigenvalue weighted by atomic mass is 19.1. The highest BCUT2D eigenvalue weighted by molar-refractivity contribution is 5.24. The molecule has 0 nitrogen and oxygen atoms in total. The fourth-order valence-electron chi connectivity index (χ4n) is 1.34. The highest BCUT2D eigenvalue weighted by Gasteiger charge is 1.98. The summed E-state index contributed by atoms with van der Waals surface area (Å²) in [7, 11) is 0. The summed E-state index contributed by atoms with van der Waals surface area (Å²) in [5, 5.41) is 0. The van der Waals surface area contributed by atoms with E-state index in [-0.39, 0.29) is 6.67 Å². The molecule has 0 fully saturated rings. The van der Waals surface area contributed by atoms with E-state index in [1.807, 2.05) is 0 Å². The van der Waals surface area contributed by atoms with Gasteiger partial charge in [0.05, 0.1) is 6.67 Å². The van der Waals surface area contributed by atoms with Crippen molar-refractivity contribution in [2.75, 3.05) is 6.67 Å². The SMILES string of the molecule is CC(C)c1ccc(CCCF)cc1. The van der Waals surface area contributed by atoms with Crippen LogP contribution >= 0.6 is 0 Å². The van der Waals surface area contributed by atoms with Gasteiger partial charge in [-0.25, -0.2) is 0 Å². The molecule has 0 saturated heterocycles. The monoisotopic (exact) mass is 180 g/mol. The van der Waals surface area contributed by atoms with Crippen LogP contribution in [0, 0.1) is 0 Å². The van der Waals surface area contributed by atoms with Crippen LogP contribution in [0.4, 0.5) is 4.39 Å². The zero-order chi connectivity index (χ0) is 9.68. The van der Waals surface area contributed by atoms with Crippen molar-refractivity contribution in [2.24, 2.45) is 0 Å². The lowest BCUT2D eigenvalue weighted by Gasteiger charge is -2.05. The van der Waals surface area contributed by atoms with Gasteiger partial charge in [-0.15, -0.1) is 0 Å². The van der Waals surface area contributed by atoms with Crippen LogP contribution in [0.2, 0.25) is 0 Å². The van der Waals surface area contributed by atoms with Crippen molar-refractivity contribution in [3.05, 3.63) is 35.4 Å². The largest absolute Gasteiger partial charge is 0.251 e. The summed E-state index contributed by atoms with van der Waals surface area (Å²) < 4.78 is 11.9. The third-order valence-corrected chi connectivity index (χ3v) is 2.25. The second-order valence-electron chi connectivity index (χ2n) is 3.69. The van der Waals surface area contributed by atoms with Crippen LogP contribution in [0.15, 0.2) is 24.3 Å². The lowest BCUT2D eigenvalue weighted by Crippen LogP contribution is -1.90. The first kappa shape index (κ1) is 10.2. The van der Waals surface area contributed by atoms with Crippen molar-refractivity contribution in [1.29, 1.82) is 0 Å². The van der Waals surface area contributed by atoms with Gasteiger partial charge in [-0.1, -0.05) is 38.1 Å². The summed E-state index contributed by atoms with van der Waals surface area (Å²) in [4.78, 5) is 0. The zero-order valence-corrected chi connectivity index (χ0v) is 8.39. The average molecular weight is 180 g/mol. The molecule has 1 aromatic carbocycles. The second kappa shape index (κ2) is 5.00. The van der Waals surface area contributed by atoms with E-state index in [0.29, 0.717) is 12.3 Å². The zero-order valence-electron chi connectivity index (χ0n) is 8.39. The molecule has 0 heterocycles. The number of rotatable bonds is 4. The van der Waals surface area contributed by atoms with Crippen molar-refractivity contribution in [1.82, 2.24) is 0 Å². The smallest absolute Gasteiger partial charge is 0.0897 e. The van der Waals surface area contributed by atoms with Crippen LogP contribution in [0.5, 0.6) is 0 Å². The van der Waals surface area contributed by atoms with Crippen molar-refractivity contribution >= 4 is 0 Å². The fourth-order valence-corrected chi connectivity index (χ4v) is 1.34. The molecule has 13 heavy (non-hydrogen) atoms. The van der Waals surface area contributed by atoms with Gasteiger partial charge >= 0.3 is 0 Å². The van der Waals surface area contributed by atoms with E-state index in [2.05, 4.69) is 38.1 Å². The first-order chi connectivity index (χ1) is 6.24. The number of hydrogen-bond acceptors (Lipinski definition) is 0. The van der Waals surface area contributed by atoms with Crippen LogP contribution in [0.25, 0.3) is 0 Å². The predicted molar refractivity (Wildman–Crippen MR) is 54.8 cm³/mol. The lowest BCUT2D eigenvalue weighted by molar-refractivity contribution is 0.473. The second-order valence-corrected chi connectivity index (χ2v) is 3.69. The van der Waals surface area contributed by atoms with Crippen LogP contribution in [0.1, 0.15) is 37.3 Å². The van der Waals surface area contributed by atoms with E-state index in [4.69, 9.17) is 0 Å². The summed E-state index contributed by atoms with van der Waals surface area (Å²) in [6.07, 6.45) is 1.50. The van der Waals surface area contributed by atoms with E-state index in [0.717, 1.165) is 6.42 Å². The summed E-state index contributed by atoms with van der Waals surface area (Å²) in [5.41, 5.74) is 2.59. The van der Waals surface area contributed by atoms with Crippen LogP contribution < -0.4 is 0 Å². The van der Waals surface area contributed by atoms with E-state index >= 15 is 0 Å². The molecule has 0 aliphatic carbocycles. The lowest BCUT2D eigenvalue weighted by atomic mass is 10.0. The number of alkyl halides is 1. The maximum atomic E-state index is 11.9. The molecule has 0 aromatic heterocycles. The number of benzene rings is 1. The summed E-state index contributed by atoms with van der Waals surface area (Å²) in [6, 6.07) is 8.48. The molecule has 0 aliphatic heterocycles. The van der Waals surface area contributed by atoms with Crippen molar-refractivity contribution in [2.45, 2.75) is 32.6 Å². The van der Waals surface area contributed by atoms with Crippen molar-refractivity contribution < 1.29 is 4.39 Å². The molecule has 1 rings (SSSR count). The van der Waals surface area contributed by atoms with Gasteiger partial charge in [-0.3, -0.25) is 4.39 Å². The Morgan fingerprint density at radius 2 is 1.77 bits per heavy atom. The van der Waals surface area contributed by atoms with Gasteiger partial charge < -0.3 is 0 Å². The highest BCUT2D eigenvalue weighted by Crippen LogP contribution is 2.15. The minimum Gasteiger partial charge on any atom is -0.251 e. The van der Waals surface area contributed by atoms with Gasteiger partial charge in [0.15, 0.2) is 0 Å². The molecule has 0 amide bonds. The number of aryl methyl sites for hydroxylation is 1. The Labute approximate surface area is 79.8 Å². The minimum atomic E-state index is -0.216. The van der Waals surface area contributed by atoms with Crippen LogP contribution in [-0.2, 0) is 6.42 Å². The standard InChI is InChI=1S/C12H17F/c1-10(2)12-7-5-11(6-8-12)4-3-9-13/h5-8,10H,3-4,9H2,1-2H3.